The summed E-state index contributed by atoms with van der Waals surface area (Å²) < 4.78 is 7.08. The second kappa shape index (κ2) is 7.58. The molecule has 0 bridgehead atoms. The van der Waals surface area contributed by atoms with Gasteiger partial charge < -0.3 is 19.7 Å². The van der Waals surface area contributed by atoms with E-state index in [1.165, 1.54) is 6.92 Å². The summed E-state index contributed by atoms with van der Waals surface area (Å²) in [5.41, 5.74) is 2.77. The molecule has 27 heavy (non-hydrogen) atoms. The number of anilines is 1. The van der Waals surface area contributed by atoms with Crippen LogP contribution < -0.4 is 5.32 Å². The van der Waals surface area contributed by atoms with Gasteiger partial charge in [0.2, 0.25) is 0 Å². The minimum Gasteiger partial charge on any atom is -0.466 e. The number of ether oxygens (including phenoxy) is 1. The van der Waals surface area contributed by atoms with Crippen LogP contribution in [0.4, 0.5) is 5.82 Å². The first kappa shape index (κ1) is 19.2. The topological polar surface area (TPSA) is 92.2 Å². The predicted molar refractivity (Wildman–Crippen MR) is 106 cm³/mol. The maximum absolute atomic E-state index is 11.6. The molecule has 3 aromatic rings. The fourth-order valence-corrected chi connectivity index (χ4v) is 3.89. The minimum absolute atomic E-state index is 0.172. The number of thiophene rings is 1. The average molecular weight is 388 g/mol. The van der Waals surface area contributed by atoms with E-state index in [1.54, 1.807) is 18.3 Å². The molecule has 3 aromatic heterocycles. The average Bonchev–Trinajstić information content (AvgIpc) is 3.27. The number of nitrogens with zero attached hydrogens (tertiary/aromatic N) is 2. The number of hydrogen-bond donors (Lipinski definition) is 3. The maximum Gasteiger partial charge on any atom is 0.310 e. The Morgan fingerprint density at radius 3 is 2.74 bits per heavy atom. The molecular formula is C19H24N4O3S. The molecule has 7 nitrogen and oxygen atoms in total. The van der Waals surface area contributed by atoms with Crippen LogP contribution in [0.5, 0.6) is 0 Å². The zero-order valence-corrected chi connectivity index (χ0v) is 16.7. The molecule has 0 spiro atoms. The predicted octanol–water partition coefficient (Wildman–Crippen LogP) is 3.62. The normalized spacial score (nSPS) is 13.4. The van der Waals surface area contributed by atoms with Crippen molar-refractivity contribution in [3.8, 4) is 16.3 Å². The summed E-state index contributed by atoms with van der Waals surface area (Å²) in [5.74, 6) is -0.00976. The summed E-state index contributed by atoms with van der Waals surface area (Å²) in [6.07, 6.45) is -0.172. The third kappa shape index (κ3) is 4.23. The number of aromatic nitrogens is 3. The minimum atomic E-state index is -1.45. The van der Waals surface area contributed by atoms with E-state index in [1.807, 2.05) is 11.4 Å². The van der Waals surface area contributed by atoms with Crippen LogP contribution in [0.1, 0.15) is 31.7 Å². The lowest BCUT2D eigenvalue weighted by Crippen LogP contribution is -2.37. The van der Waals surface area contributed by atoms with Gasteiger partial charge in [-0.1, -0.05) is 0 Å². The van der Waals surface area contributed by atoms with Gasteiger partial charge in [0.15, 0.2) is 5.82 Å². The summed E-state index contributed by atoms with van der Waals surface area (Å²) in [5, 5.41) is 22.6. The number of aliphatic hydroxyl groups is 1. The van der Waals surface area contributed by atoms with Gasteiger partial charge >= 0.3 is 5.97 Å². The summed E-state index contributed by atoms with van der Waals surface area (Å²) in [6, 6.07) is 8.07. The molecule has 0 amide bonds. The van der Waals surface area contributed by atoms with Crippen LogP contribution in [0.15, 0.2) is 29.6 Å². The first-order chi connectivity index (χ1) is 12.8. The number of nitrogens with one attached hydrogen (secondary N) is 2. The first-order valence-electron chi connectivity index (χ1n) is 8.75. The van der Waals surface area contributed by atoms with Gasteiger partial charge in [-0.3, -0.25) is 9.89 Å². The zero-order chi connectivity index (χ0) is 19.6. The van der Waals surface area contributed by atoms with Gasteiger partial charge in [-0.15, -0.1) is 11.3 Å². The lowest BCUT2D eigenvalue weighted by molar-refractivity contribution is -0.147. The molecule has 0 aliphatic rings. The van der Waals surface area contributed by atoms with E-state index < -0.39 is 11.7 Å². The van der Waals surface area contributed by atoms with Crippen LogP contribution in [0.25, 0.3) is 16.3 Å². The van der Waals surface area contributed by atoms with Gasteiger partial charge in [0.05, 0.1) is 29.3 Å². The van der Waals surface area contributed by atoms with Gasteiger partial charge in [0.1, 0.15) is 5.72 Å². The maximum atomic E-state index is 11.6. The Kier molecular flexibility index (Phi) is 5.38. The summed E-state index contributed by atoms with van der Waals surface area (Å²) in [6.45, 7) is 7.66. The van der Waals surface area contributed by atoms with E-state index in [0.717, 1.165) is 27.6 Å². The molecule has 0 saturated heterocycles. The summed E-state index contributed by atoms with van der Waals surface area (Å²) in [7, 11) is 0. The van der Waals surface area contributed by atoms with Crippen LogP contribution in [0.3, 0.4) is 0 Å². The molecule has 0 saturated carbocycles. The highest BCUT2D eigenvalue weighted by atomic mass is 32.1. The van der Waals surface area contributed by atoms with Crippen LogP contribution in [-0.2, 0) is 9.53 Å². The standard InChI is InChI=1S/C19H24N4O3S/c1-5-26-17(24)11-19(4,25)20-16-10-14(21-22-16)18-15(8-9-27-18)23-12(2)6-7-13(23)3/h6-10,25H,5,11H2,1-4H3,(H2,20,21,22). The van der Waals surface area contributed by atoms with E-state index in [0.29, 0.717) is 5.82 Å². The van der Waals surface area contributed by atoms with E-state index in [9.17, 15) is 9.90 Å². The van der Waals surface area contributed by atoms with Crippen molar-refractivity contribution in [1.82, 2.24) is 14.8 Å². The molecule has 0 fully saturated rings. The number of carbonyl (C=O) groups excluding carboxylic acids is 1. The van der Waals surface area contributed by atoms with Gasteiger partial charge in [-0.05, 0) is 51.3 Å². The van der Waals surface area contributed by atoms with Crippen LogP contribution >= 0.6 is 11.3 Å². The zero-order valence-electron chi connectivity index (χ0n) is 15.9. The highest BCUT2D eigenvalue weighted by Crippen LogP contribution is 2.34. The van der Waals surface area contributed by atoms with Crippen molar-refractivity contribution < 1.29 is 14.6 Å². The van der Waals surface area contributed by atoms with Gasteiger partial charge in [0.25, 0.3) is 0 Å². The van der Waals surface area contributed by atoms with E-state index in [-0.39, 0.29) is 13.0 Å². The van der Waals surface area contributed by atoms with Crippen molar-refractivity contribution in [1.29, 1.82) is 0 Å². The molecule has 0 aliphatic heterocycles. The largest absolute Gasteiger partial charge is 0.466 e. The SMILES string of the molecule is CCOC(=O)CC(C)(O)Nc1cc(-c2sccc2-n2c(C)ccc2C)[nH]n1. The number of aromatic amines is 1. The second-order valence-corrected chi connectivity index (χ2v) is 7.55. The lowest BCUT2D eigenvalue weighted by Gasteiger charge is -2.23. The molecule has 1 unspecified atom stereocenters. The molecule has 3 N–H and O–H groups in total. The number of hydrogen-bond acceptors (Lipinski definition) is 6. The molecule has 0 radical (unpaired) electrons. The highest BCUT2D eigenvalue weighted by molar-refractivity contribution is 7.14. The number of carbonyl (C=O) groups is 1. The van der Waals surface area contributed by atoms with Gasteiger partial charge in [0, 0.05) is 17.5 Å². The number of rotatable bonds is 7. The van der Waals surface area contributed by atoms with Crippen molar-refractivity contribution in [2.24, 2.45) is 0 Å². The summed E-state index contributed by atoms with van der Waals surface area (Å²) in [4.78, 5) is 12.7. The molecule has 144 valence electrons. The Balaban J connectivity index is 1.82. The molecular weight excluding hydrogens is 364 g/mol. The molecule has 1 atom stereocenters. The van der Waals surface area contributed by atoms with Crippen molar-refractivity contribution in [3.05, 3.63) is 41.0 Å². The van der Waals surface area contributed by atoms with E-state index in [4.69, 9.17) is 4.74 Å². The van der Waals surface area contributed by atoms with Gasteiger partial charge in [-0.25, -0.2) is 0 Å². The van der Waals surface area contributed by atoms with E-state index in [2.05, 4.69) is 52.1 Å². The van der Waals surface area contributed by atoms with Crippen molar-refractivity contribution in [2.75, 3.05) is 11.9 Å². The number of aryl methyl sites for hydroxylation is 2. The Morgan fingerprint density at radius 2 is 2.07 bits per heavy atom. The van der Waals surface area contributed by atoms with Crippen LogP contribution in [0, 0.1) is 13.8 Å². The summed E-state index contributed by atoms with van der Waals surface area (Å²) >= 11 is 1.61. The van der Waals surface area contributed by atoms with Gasteiger partial charge in [-0.2, -0.15) is 5.10 Å². The fraction of sp³-hybridized carbons (Fsp3) is 0.368. The van der Waals surface area contributed by atoms with Crippen molar-refractivity contribution in [3.63, 3.8) is 0 Å². The lowest BCUT2D eigenvalue weighted by atomic mass is 10.2. The Bertz CT molecular complexity index is 919. The van der Waals surface area contributed by atoms with Crippen molar-refractivity contribution >= 4 is 23.1 Å². The van der Waals surface area contributed by atoms with Crippen LogP contribution in [0.2, 0.25) is 0 Å². The Morgan fingerprint density at radius 1 is 1.37 bits per heavy atom. The smallest absolute Gasteiger partial charge is 0.310 e. The monoisotopic (exact) mass is 388 g/mol. The third-order valence-corrected chi connectivity index (χ3v) is 5.11. The van der Waals surface area contributed by atoms with Crippen LogP contribution in [-0.4, -0.2) is 38.2 Å². The molecule has 8 heteroatoms. The molecule has 3 heterocycles. The molecule has 0 aliphatic carbocycles. The molecule has 3 rings (SSSR count). The Labute approximate surface area is 162 Å². The van der Waals surface area contributed by atoms with E-state index >= 15 is 0 Å². The van der Waals surface area contributed by atoms with Crippen molar-refractivity contribution in [2.45, 2.75) is 39.8 Å². The Hall–Kier alpha value is -2.58. The third-order valence-electron chi connectivity index (χ3n) is 4.17. The highest BCUT2D eigenvalue weighted by Gasteiger charge is 2.26. The fourth-order valence-electron chi connectivity index (χ4n) is 3.04. The first-order valence-corrected chi connectivity index (χ1v) is 9.63. The quantitative estimate of drug-likeness (QED) is 0.425. The number of H-pyrrole nitrogens is 1. The number of esters is 1. The second-order valence-electron chi connectivity index (χ2n) is 6.63. The molecule has 0 aromatic carbocycles.